The van der Waals surface area contributed by atoms with Crippen LogP contribution < -0.4 is 24.8 Å². The van der Waals surface area contributed by atoms with Crippen molar-refractivity contribution in [1.29, 1.82) is 0 Å². The molecule has 0 aromatic heterocycles. The van der Waals surface area contributed by atoms with E-state index < -0.39 is 6.10 Å². The average Bonchev–Trinajstić information content (AvgIpc) is 2.87. The summed E-state index contributed by atoms with van der Waals surface area (Å²) in [6.07, 6.45) is -0.289. The van der Waals surface area contributed by atoms with Crippen molar-refractivity contribution in [2.45, 2.75) is 12.0 Å². The SMILES string of the molecule is COc1ccc(C(CNC[C@H](O)COc2ccc(O)c(NC=O)c2)c2ccc(OC)cc2)cc1. The number of anilines is 1. The molecule has 3 rings (SSSR count). The van der Waals surface area contributed by atoms with Gasteiger partial charge in [0, 0.05) is 25.1 Å². The molecule has 8 heteroatoms. The zero-order valence-corrected chi connectivity index (χ0v) is 19.2. The molecule has 3 aromatic rings. The molecule has 3 aromatic carbocycles. The Bertz CT molecular complexity index is 993. The standard InChI is InChI=1S/C26H30N2O6/c1-32-21-7-3-18(4-8-21)24(19-5-9-22(33-2)10-6-19)15-27-14-20(30)16-34-23-11-12-26(31)25(13-23)28-17-29/h3-13,17,20,24,27,30-31H,14-16H2,1-2H3,(H,28,29)/t20-/m0/s1. The number of carbonyl (C=O) groups is 1. The van der Waals surface area contributed by atoms with Crippen LogP contribution in [0.5, 0.6) is 23.0 Å². The van der Waals surface area contributed by atoms with Gasteiger partial charge in [-0.3, -0.25) is 4.79 Å². The van der Waals surface area contributed by atoms with Crippen LogP contribution in [0, 0.1) is 0 Å². The van der Waals surface area contributed by atoms with Crippen LogP contribution in [0.1, 0.15) is 17.0 Å². The number of aliphatic hydroxyl groups excluding tert-OH is 1. The van der Waals surface area contributed by atoms with Crippen LogP contribution >= 0.6 is 0 Å². The first kappa shape index (κ1) is 24.9. The number of ether oxygens (including phenoxy) is 3. The Balaban J connectivity index is 1.59. The lowest BCUT2D eigenvalue weighted by molar-refractivity contribution is -0.105. The van der Waals surface area contributed by atoms with Crippen LogP contribution in [-0.4, -0.2) is 56.6 Å². The molecule has 8 nitrogen and oxygen atoms in total. The minimum absolute atomic E-state index is 0.0496. The summed E-state index contributed by atoms with van der Waals surface area (Å²) in [6, 6.07) is 20.3. The maximum Gasteiger partial charge on any atom is 0.211 e. The van der Waals surface area contributed by atoms with Gasteiger partial charge in [0.1, 0.15) is 35.7 Å². The van der Waals surface area contributed by atoms with Crippen LogP contribution in [0.15, 0.2) is 66.7 Å². The second-order valence-electron chi connectivity index (χ2n) is 7.66. The van der Waals surface area contributed by atoms with E-state index in [2.05, 4.69) is 10.6 Å². The van der Waals surface area contributed by atoms with E-state index in [0.29, 0.717) is 25.2 Å². The van der Waals surface area contributed by atoms with Crippen LogP contribution in [0.4, 0.5) is 5.69 Å². The summed E-state index contributed by atoms with van der Waals surface area (Å²) >= 11 is 0. The van der Waals surface area contributed by atoms with Crippen molar-refractivity contribution in [3.05, 3.63) is 77.9 Å². The fourth-order valence-corrected chi connectivity index (χ4v) is 3.53. The summed E-state index contributed by atoms with van der Waals surface area (Å²) in [5, 5.41) is 25.8. The van der Waals surface area contributed by atoms with Gasteiger partial charge in [-0.2, -0.15) is 0 Å². The number of nitrogens with one attached hydrogen (secondary N) is 2. The summed E-state index contributed by atoms with van der Waals surface area (Å²) < 4.78 is 16.2. The van der Waals surface area contributed by atoms with Gasteiger partial charge in [0.15, 0.2) is 0 Å². The largest absolute Gasteiger partial charge is 0.506 e. The highest BCUT2D eigenvalue weighted by Gasteiger charge is 2.16. The van der Waals surface area contributed by atoms with Gasteiger partial charge in [0.05, 0.1) is 19.9 Å². The molecule has 34 heavy (non-hydrogen) atoms. The zero-order valence-electron chi connectivity index (χ0n) is 19.2. The van der Waals surface area contributed by atoms with Crippen molar-refractivity contribution < 1.29 is 29.2 Å². The van der Waals surface area contributed by atoms with Gasteiger partial charge >= 0.3 is 0 Å². The average molecular weight is 467 g/mol. The molecule has 1 amide bonds. The Kier molecular flexibility index (Phi) is 9.13. The normalized spacial score (nSPS) is 11.6. The Morgan fingerprint density at radius 3 is 1.94 bits per heavy atom. The molecule has 0 aliphatic carbocycles. The quantitative estimate of drug-likeness (QED) is 0.226. The number of aliphatic hydroxyl groups is 1. The highest BCUT2D eigenvalue weighted by Crippen LogP contribution is 2.28. The van der Waals surface area contributed by atoms with Gasteiger partial charge in [-0.1, -0.05) is 24.3 Å². The third-order valence-electron chi connectivity index (χ3n) is 5.39. The molecule has 0 aliphatic heterocycles. The highest BCUT2D eigenvalue weighted by atomic mass is 16.5. The van der Waals surface area contributed by atoms with Crippen molar-refractivity contribution in [3.63, 3.8) is 0 Å². The lowest BCUT2D eigenvalue weighted by Gasteiger charge is -2.21. The lowest BCUT2D eigenvalue weighted by Crippen LogP contribution is -2.34. The monoisotopic (exact) mass is 466 g/mol. The van der Waals surface area contributed by atoms with Gasteiger partial charge in [-0.15, -0.1) is 0 Å². The third-order valence-corrected chi connectivity index (χ3v) is 5.39. The number of rotatable bonds is 13. The molecular weight excluding hydrogens is 436 g/mol. The number of phenolic OH excluding ortho intramolecular Hbond substituents is 1. The molecule has 4 N–H and O–H groups in total. The predicted molar refractivity (Wildman–Crippen MR) is 130 cm³/mol. The fourth-order valence-electron chi connectivity index (χ4n) is 3.53. The smallest absolute Gasteiger partial charge is 0.211 e. The topological polar surface area (TPSA) is 109 Å². The van der Waals surface area contributed by atoms with Crippen molar-refractivity contribution in [3.8, 4) is 23.0 Å². The van der Waals surface area contributed by atoms with Gasteiger partial charge in [-0.25, -0.2) is 0 Å². The second kappa shape index (κ2) is 12.5. The zero-order chi connectivity index (χ0) is 24.3. The molecule has 1 atom stereocenters. The molecule has 0 saturated carbocycles. The van der Waals surface area contributed by atoms with Crippen molar-refractivity contribution >= 4 is 12.1 Å². The second-order valence-corrected chi connectivity index (χ2v) is 7.66. The first-order valence-corrected chi connectivity index (χ1v) is 10.9. The maximum absolute atomic E-state index is 10.6. The van der Waals surface area contributed by atoms with E-state index in [4.69, 9.17) is 14.2 Å². The predicted octanol–water partition coefficient (Wildman–Crippen LogP) is 3.14. The molecule has 0 unspecified atom stereocenters. The highest BCUT2D eigenvalue weighted by molar-refractivity contribution is 5.76. The van der Waals surface area contributed by atoms with Crippen molar-refractivity contribution in [1.82, 2.24) is 5.32 Å². The summed E-state index contributed by atoms with van der Waals surface area (Å²) in [5.74, 6) is 2.00. The van der Waals surface area contributed by atoms with E-state index in [1.165, 1.54) is 12.1 Å². The molecular formula is C26H30N2O6. The maximum atomic E-state index is 10.6. The molecule has 0 aliphatic rings. The first-order valence-electron chi connectivity index (χ1n) is 10.9. The fraction of sp³-hybridized carbons (Fsp3) is 0.269. The van der Waals surface area contributed by atoms with Gasteiger partial charge in [0.25, 0.3) is 0 Å². The molecule has 0 saturated heterocycles. The number of phenols is 1. The van der Waals surface area contributed by atoms with E-state index >= 15 is 0 Å². The molecule has 0 heterocycles. The van der Waals surface area contributed by atoms with Crippen LogP contribution in [0.25, 0.3) is 0 Å². The molecule has 0 radical (unpaired) electrons. The van der Waals surface area contributed by atoms with Crippen LogP contribution in [-0.2, 0) is 4.79 Å². The lowest BCUT2D eigenvalue weighted by atomic mass is 9.91. The first-order chi connectivity index (χ1) is 16.5. The summed E-state index contributed by atoms with van der Waals surface area (Å²) in [4.78, 5) is 10.6. The minimum Gasteiger partial charge on any atom is -0.506 e. The Hall–Kier alpha value is -3.75. The molecule has 180 valence electrons. The number of hydrogen-bond donors (Lipinski definition) is 4. The minimum atomic E-state index is -0.760. The Labute approximate surface area is 199 Å². The van der Waals surface area contributed by atoms with E-state index in [-0.39, 0.29) is 24.0 Å². The molecule has 0 fully saturated rings. The number of aromatic hydroxyl groups is 1. The van der Waals surface area contributed by atoms with Gasteiger partial charge < -0.3 is 35.1 Å². The van der Waals surface area contributed by atoms with Crippen LogP contribution in [0.3, 0.4) is 0 Å². The van der Waals surface area contributed by atoms with E-state index in [1.807, 2.05) is 48.5 Å². The third kappa shape index (κ3) is 6.87. The van der Waals surface area contributed by atoms with Gasteiger partial charge in [0.2, 0.25) is 6.41 Å². The van der Waals surface area contributed by atoms with Crippen molar-refractivity contribution in [2.75, 3.05) is 39.2 Å². The molecule has 0 bridgehead atoms. The van der Waals surface area contributed by atoms with E-state index in [1.54, 1.807) is 20.3 Å². The number of hydrogen-bond acceptors (Lipinski definition) is 7. The number of benzene rings is 3. The van der Waals surface area contributed by atoms with E-state index in [0.717, 1.165) is 22.6 Å². The summed E-state index contributed by atoms with van der Waals surface area (Å²) in [5.41, 5.74) is 2.47. The number of methoxy groups -OCH3 is 2. The Morgan fingerprint density at radius 1 is 0.853 bits per heavy atom. The van der Waals surface area contributed by atoms with Crippen molar-refractivity contribution in [2.24, 2.45) is 0 Å². The van der Waals surface area contributed by atoms with E-state index in [9.17, 15) is 15.0 Å². The van der Waals surface area contributed by atoms with Crippen LogP contribution in [0.2, 0.25) is 0 Å². The number of amides is 1. The van der Waals surface area contributed by atoms with Gasteiger partial charge in [-0.05, 0) is 47.5 Å². The summed E-state index contributed by atoms with van der Waals surface area (Å²) in [7, 11) is 3.28. The summed E-state index contributed by atoms with van der Waals surface area (Å²) in [6.45, 7) is 0.969. The Morgan fingerprint density at radius 2 is 1.41 bits per heavy atom. The molecule has 0 spiro atoms. The number of carbonyl (C=O) groups excluding carboxylic acids is 1.